The van der Waals surface area contributed by atoms with Gasteiger partial charge in [0.2, 0.25) is 0 Å². The fourth-order valence-electron chi connectivity index (χ4n) is 2.56. The lowest BCUT2D eigenvalue weighted by Gasteiger charge is -2.03. The minimum atomic E-state index is -0.262. The van der Waals surface area contributed by atoms with Crippen molar-refractivity contribution < 1.29 is 9.13 Å². The number of hydrogen-bond acceptors (Lipinski definition) is 3. The molecule has 118 valence electrons. The Morgan fingerprint density at radius 2 is 1.50 bits per heavy atom. The van der Waals surface area contributed by atoms with Gasteiger partial charge in [0.1, 0.15) is 11.6 Å². The van der Waals surface area contributed by atoms with Gasteiger partial charge in [-0.15, -0.1) is 0 Å². The van der Waals surface area contributed by atoms with Crippen LogP contribution in [0.1, 0.15) is 0 Å². The lowest BCUT2D eigenvalue weighted by molar-refractivity contribution is 0.415. The van der Waals surface area contributed by atoms with Crippen molar-refractivity contribution in [1.29, 1.82) is 0 Å². The zero-order chi connectivity index (χ0) is 16.5. The predicted octanol–water partition coefficient (Wildman–Crippen LogP) is 4.21. The summed E-state index contributed by atoms with van der Waals surface area (Å²) in [7, 11) is 1.64. The summed E-state index contributed by atoms with van der Waals surface area (Å²) in [5, 5.41) is 4.60. The summed E-state index contributed by atoms with van der Waals surface area (Å²) in [5.41, 5.74) is 4.19. The maximum atomic E-state index is 13.1. The van der Waals surface area contributed by atoms with Gasteiger partial charge in [-0.05, 0) is 60.7 Å². The zero-order valence-corrected chi connectivity index (χ0v) is 13.0. The first kappa shape index (κ1) is 14.4. The van der Waals surface area contributed by atoms with Crippen LogP contribution in [0, 0.1) is 5.82 Å². The monoisotopic (exact) mass is 319 g/mol. The number of nitrogens with zero attached hydrogens (tertiary/aromatic N) is 3. The van der Waals surface area contributed by atoms with Crippen molar-refractivity contribution in [2.45, 2.75) is 0 Å². The number of methoxy groups -OCH3 is 1. The molecule has 0 aliphatic rings. The fraction of sp³-hybridized carbons (Fsp3) is 0.0526. The maximum absolute atomic E-state index is 13.1. The molecule has 0 bridgehead atoms. The molecule has 4 nitrogen and oxygen atoms in total. The third-order valence-electron chi connectivity index (χ3n) is 3.85. The minimum Gasteiger partial charge on any atom is -0.497 e. The van der Waals surface area contributed by atoms with Crippen LogP contribution >= 0.6 is 0 Å². The smallest absolute Gasteiger partial charge is 0.154 e. The van der Waals surface area contributed by atoms with Gasteiger partial charge in [-0.25, -0.2) is 13.9 Å². The van der Waals surface area contributed by atoms with Crippen molar-refractivity contribution in [3.05, 3.63) is 72.7 Å². The standard InChI is InChI=1S/C19H14FN3O/c1-24-16-8-4-13(5-9-16)17-10-11-19-21-18(12-23(19)22-17)14-2-6-15(20)7-3-14/h2-12H,1H3. The van der Waals surface area contributed by atoms with Gasteiger partial charge in [0, 0.05) is 11.1 Å². The Morgan fingerprint density at radius 1 is 0.833 bits per heavy atom. The second-order valence-corrected chi connectivity index (χ2v) is 5.38. The van der Waals surface area contributed by atoms with E-state index < -0.39 is 0 Å². The molecular formula is C19H14FN3O. The number of halogens is 1. The lowest BCUT2D eigenvalue weighted by atomic mass is 10.1. The van der Waals surface area contributed by atoms with Crippen molar-refractivity contribution in [3.63, 3.8) is 0 Å². The van der Waals surface area contributed by atoms with Crippen molar-refractivity contribution in [3.8, 4) is 28.3 Å². The van der Waals surface area contributed by atoms with Crippen molar-refractivity contribution in [2.75, 3.05) is 7.11 Å². The Kier molecular flexibility index (Phi) is 3.46. The minimum absolute atomic E-state index is 0.262. The van der Waals surface area contributed by atoms with E-state index in [0.717, 1.165) is 33.9 Å². The molecular weight excluding hydrogens is 305 g/mol. The molecule has 2 heterocycles. The lowest BCUT2D eigenvalue weighted by Crippen LogP contribution is -1.93. The molecule has 0 aliphatic carbocycles. The quantitative estimate of drug-likeness (QED) is 0.568. The average molecular weight is 319 g/mol. The van der Waals surface area contributed by atoms with E-state index in [9.17, 15) is 4.39 Å². The number of fused-ring (bicyclic) bond motifs is 1. The molecule has 0 amide bonds. The van der Waals surface area contributed by atoms with Crippen LogP contribution in [0.2, 0.25) is 0 Å². The van der Waals surface area contributed by atoms with Crippen LogP contribution in [0.4, 0.5) is 4.39 Å². The van der Waals surface area contributed by atoms with E-state index in [2.05, 4.69) is 10.1 Å². The summed E-state index contributed by atoms with van der Waals surface area (Å²) < 4.78 is 20.0. The molecule has 0 saturated heterocycles. The third-order valence-corrected chi connectivity index (χ3v) is 3.85. The number of aromatic nitrogens is 3. The van der Waals surface area contributed by atoms with Crippen molar-refractivity contribution >= 4 is 5.65 Å². The SMILES string of the molecule is COc1ccc(-c2ccc3nc(-c4ccc(F)cc4)cn3n2)cc1. The van der Waals surface area contributed by atoms with Gasteiger partial charge in [0.15, 0.2) is 5.65 Å². The largest absolute Gasteiger partial charge is 0.497 e. The first-order valence-electron chi connectivity index (χ1n) is 7.50. The number of ether oxygens (including phenoxy) is 1. The summed E-state index contributed by atoms with van der Waals surface area (Å²) in [6.45, 7) is 0. The van der Waals surface area contributed by atoms with Gasteiger partial charge in [-0.3, -0.25) is 0 Å². The first-order valence-corrected chi connectivity index (χ1v) is 7.50. The van der Waals surface area contributed by atoms with E-state index in [1.807, 2.05) is 42.6 Å². The molecule has 0 radical (unpaired) electrons. The molecule has 24 heavy (non-hydrogen) atoms. The van der Waals surface area contributed by atoms with Crippen LogP contribution in [-0.4, -0.2) is 21.7 Å². The van der Waals surface area contributed by atoms with Crippen LogP contribution < -0.4 is 4.74 Å². The zero-order valence-electron chi connectivity index (χ0n) is 13.0. The third kappa shape index (κ3) is 2.60. The fourth-order valence-corrected chi connectivity index (χ4v) is 2.56. The normalized spacial score (nSPS) is 10.9. The highest BCUT2D eigenvalue weighted by molar-refractivity contribution is 5.65. The first-order chi connectivity index (χ1) is 11.7. The van der Waals surface area contributed by atoms with E-state index in [0.29, 0.717) is 0 Å². The number of benzene rings is 2. The van der Waals surface area contributed by atoms with Crippen LogP contribution in [0.25, 0.3) is 28.2 Å². The Hall–Kier alpha value is -3.21. The molecule has 0 saturated carbocycles. The molecule has 0 N–H and O–H groups in total. The van der Waals surface area contributed by atoms with Crippen LogP contribution in [0.15, 0.2) is 66.9 Å². The average Bonchev–Trinajstić information content (AvgIpc) is 3.05. The predicted molar refractivity (Wildman–Crippen MR) is 90.4 cm³/mol. The van der Waals surface area contributed by atoms with Gasteiger partial charge >= 0.3 is 0 Å². The van der Waals surface area contributed by atoms with Gasteiger partial charge in [0.25, 0.3) is 0 Å². The van der Waals surface area contributed by atoms with E-state index in [-0.39, 0.29) is 5.82 Å². The summed E-state index contributed by atoms with van der Waals surface area (Å²) in [6, 6.07) is 17.8. The van der Waals surface area contributed by atoms with Gasteiger partial charge in [0.05, 0.1) is 24.7 Å². The van der Waals surface area contributed by atoms with Crippen LogP contribution in [-0.2, 0) is 0 Å². The highest BCUT2D eigenvalue weighted by atomic mass is 19.1. The second-order valence-electron chi connectivity index (χ2n) is 5.38. The van der Waals surface area contributed by atoms with Gasteiger partial charge < -0.3 is 4.74 Å². The van der Waals surface area contributed by atoms with E-state index >= 15 is 0 Å². The molecule has 0 fully saturated rings. The molecule has 0 spiro atoms. The summed E-state index contributed by atoms with van der Waals surface area (Å²) >= 11 is 0. The van der Waals surface area contributed by atoms with E-state index in [4.69, 9.17) is 4.74 Å². The van der Waals surface area contributed by atoms with Gasteiger partial charge in [-0.1, -0.05) is 0 Å². The van der Waals surface area contributed by atoms with E-state index in [1.54, 1.807) is 23.8 Å². The Labute approximate surface area is 138 Å². The topological polar surface area (TPSA) is 39.4 Å². The van der Waals surface area contributed by atoms with Crippen LogP contribution in [0.5, 0.6) is 5.75 Å². The number of hydrogen-bond donors (Lipinski definition) is 0. The van der Waals surface area contributed by atoms with Crippen LogP contribution in [0.3, 0.4) is 0 Å². The maximum Gasteiger partial charge on any atom is 0.154 e. The molecule has 2 aromatic carbocycles. The molecule has 0 atom stereocenters. The summed E-state index contributed by atoms with van der Waals surface area (Å²) in [5.74, 6) is 0.545. The molecule has 4 rings (SSSR count). The molecule has 5 heteroatoms. The highest BCUT2D eigenvalue weighted by Gasteiger charge is 2.07. The number of imidazole rings is 1. The van der Waals surface area contributed by atoms with Crippen molar-refractivity contribution in [1.82, 2.24) is 14.6 Å². The summed E-state index contributed by atoms with van der Waals surface area (Å²) in [6.07, 6.45) is 1.84. The molecule has 0 unspecified atom stereocenters. The highest BCUT2D eigenvalue weighted by Crippen LogP contribution is 2.23. The Bertz CT molecular complexity index is 991. The molecule has 2 aromatic heterocycles. The Morgan fingerprint density at radius 3 is 2.21 bits per heavy atom. The van der Waals surface area contributed by atoms with E-state index in [1.165, 1.54) is 12.1 Å². The van der Waals surface area contributed by atoms with Gasteiger partial charge in [-0.2, -0.15) is 5.10 Å². The van der Waals surface area contributed by atoms with Crippen molar-refractivity contribution in [2.24, 2.45) is 0 Å². The number of rotatable bonds is 3. The second kappa shape index (κ2) is 5.77. The summed E-state index contributed by atoms with van der Waals surface area (Å²) in [4.78, 5) is 4.53. The molecule has 4 aromatic rings. The molecule has 0 aliphatic heterocycles. The Balaban J connectivity index is 1.73.